The number of carbonyl (C=O) groups is 1. The average molecular weight is 314 g/mol. The molecule has 0 atom stereocenters. The van der Waals surface area contributed by atoms with Crippen LogP contribution in [-0.4, -0.2) is 23.2 Å². The van der Waals surface area contributed by atoms with Crippen molar-refractivity contribution < 1.29 is 4.79 Å². The molecule has 2 aromatic carbocycles. The molecule has 0 unspecified atom stereocenters. The highest BCUT2D eigenvalue weighted by atomic mass is 32.1. The SMILES string of the molecule is O=C(NCCS)c1csc(-c2cccc3ccccc23)n1. The summed E-state index contributed by atoms with van der Waals surface area (Å²) in [5.74, 6) is 0.471. The molecule has 0 bridgehead atoms. The molecule has 0 aliphatic rings. The number of amides is 1. The summed E-state index contributed by atoms with van der Waals surface area (Å²) in [6.07, 6.45) is 0. The van der Waals surface area contributed by atoms with E-state index in [1.807, 2.05) is 24.3 Å². The first-order valence-electron chi connectivity index (χ1n) is 6.62. The third kappa shape index (κ3) is 2.94. The third-order valence-electron chi connectivity index (χ3n) is 3.15. The van der Waals surface area contributed by atoms with Gasteiger partial charge in [0.25, 0.3) is 5.91 Å². The fourth-order valence-corrected chi connectivity index (χ4v) is 3.12. The number of nitrogens with zero attached hydrogens (tertiary/aromatic N) is 1. The van der Waals surface area contributed by atoms with Crippen LogP contribution < -0.4 is 5.32 Å². The quantitative estimate of drug-likeness (QED) is 0.722. The van der Waals surface area contributed by atoms with Gasteiger partial charge in [0.1, 0.15) is 10.7 Å². The van der Waals surface area contributed by atoms with Gasteiger partial charge in [0.05, 0.1) is 0 Å². The first-order valence-corrected chi connectivity index (χ1v) is 8.13. The van der Waals surface area contributed by atoms with Gasteiger partial charge in [-0.2, -0.15) is 12.6 Å². The summed E-state index contributed by atoms with van der Waals surface area (Å²) >= 11 is 5.57. The molecular formula is C16H14N2OS2. The topological polar surface area (TPSA) is 42.0 Å². The highest BCUT2D eigenvalue weighted by molar-refractivity contribution is 7.80. The molecule has 1 amide bonds. The van der Waals surface area contributed by atoms with Crippen LogP contribution in [0.15, 0.2) is 47.8 Å². The maximum absolute atomic E-state index is 11.9. The predicted molar refractivity (Wildman–Crippen MR) is 91.2 cm³/mol. The highest BCUT2D eigenvalue weighted by Gasteiger charge is 2.12. The van der Waals surface area contributed by atoms with Gasteiger partial charge in [-0.1, -0.05) is 42.5 Å². The molecule has 0 aliphatic carbocycles. The predicted octanol–water partition coefficient (Wildman–Crippen LogP) is 3.62. The zero-order valence-electron chi connectivity index (χ0n) is 11.2. The minimum absolute atomic E-state index is 0.146. The summed E-state index contributed by atoms with van der Waals surface area (Å²) in [5.41, 5.74) is 1.52. The van der Waals surface area contributed by atoms with Crippen LogP contribution >= 0.6 is 24.0 Å². The zero-order chi connectivity index (χ0) is 14.7. The van der Waals surface area contributed by atoms with Crippen molar-refractivity contribution in [3.05, 3.63) is 53.5 Å². The van der Waals surface area contributed by atoms with E-state index in [0.29, 0.717) is 18.0 Å². The summed E-state index contributed by atoms with van der Waals surface area (Å²) < 4.78 is 0. The Morgan fingerprint density at radius 3 is 2.86 bits per heavy atom. The number of thiazole rings is 1. The fourth-order valence-electron chi connectivity index (χ4n) is 2.17. The molecule has 0 aliphatic heterocycles. The van der Waals surface area contributed by atoms with Gasteiger partial charge in [-0.25, -0.2) is 4.98 Å². The van der Waals surface area contributed by atoms with E-state index in [9.17, 15) is 4.79 Å². The lowest BCUT2D eigenvalue weighted by molar-refractivity contribution is 0.0952. The molecule has 5 heteroatoms. The maximum atomic E-state index is 11.9. The third-order valence-corrected chi connectivity index (χ3v) is 4.25. The van der Waals surface area contributed by atoms with Crippen LogP contribution in [0.5, 0.6) is 0 Å². The van der Waals surface area contributed by atoms with Crippen molar-refractivity contribution in [2.24, 2.45) is 0 Å². The Balaban J connectivity index is 1.97. The second kappa shape index (κ2) is 6.28. The van der Waals surface area contributed by atoms with E-state index in [-0.39, 0.29) is 5.91 Å². The number of benzene rings is 2. The van der Waals surface area contributed by atoms with Gasteiger partial charge in [-0.15, -0.1) is 11.3 Å². The Labute approximate surface area is 132 Å². The first-order chi connectivity index (χ1) is 10.3. The van der Waals surface area contributed by atoms with Crippen molar-refractivity contribution in [3.63, 3.8) is 0 Å². The van der Waals surface area contributed by atoms with Gasteiger partial charge in [0, 0.05) is 23.2 Å². The second-order valence-corrected chi connectivity index (χ2v) is 5.85. The van der Waals surface area contributed by atoms with Gasteiger partial charge < -0.3 is 5.32 Å². The van der Waals surface area contributed by atoms with Gasteiger partial charge in [-0.05, 0) is 10.8 Å². The Morgan fingerprint density at radius 2 is 2.00 bits per heavy atom. The Morgan fingerprint density at radius 1 is 1.19 bits per heavy atom. The van der Waals surface area contributed by atoms with Crippen LogP contribution in [-0.2, 0) is 0 Å². The first kappa shape index (κ1) is 14.1. The molecule has 3 aromatic rings. The van der Waals surface area contributed by atoms with E-state index >= 15 is 0 Å². The number of aromatic nitrogens is 1. The number of carbonyl (C=O) groups excluding carboxylic acids is 1. The van der Waals surface area contributed by atoms with E-state index in [2.05, 4.69) is 41.1 Å². The van der Waals surface area contributed by atoms with Crippen LogP contribution in [0.3, 0.4) is 0 Å². The largest absolute Gasteiger partial charge is 0.350 e. The van der Waals surface area contributed by atoms with Gasteiger partial charge >= 0.3 is 0 Å². The lowest BCUT2D eigenvalue weighted by atomic mass is 10.1. The van der Waals surface area contributed by atoms with Crippen LogP contribution in [0.1, 0.15) is 10.5 Å². The van der Waals surface area contributed by atoms with Crippen LogP contribution in [0.4, 0.5) is 0 Å². The van der Waals surface area contributed by atoms with Crippen molar-refractivity contribution in [3.8, 4) is 10.6 Å². The lowest BCUT2D eigenvalue weighted by Crippen LogP contribution is -2.25. The summed E-state index contributed by atoms with van der Waals surface area (Å²) in [7, 11) is 0. The molecule has 0 fully saturated rings. The number of thiol groups is 1. The van der Waals surface area contributed by atoms with Crippen LogP contribution in [0.25, 0.3) is 21.3 Å². The molecule has 0 saturated carbocycles. The molecule has 0 radical (unpaired) electrons. The smallest absolute Gasteiger partial charge is 0.270 e. The molecular weight excluding hydrogens is 300 g/mol. The summed E-state index contributed by atoms with van der Waals surface area (Å²) in [4.78, 5) is 16.4. The molecule has 3 rings (SSSR count). The van der Waals surface area contributed by atoms with Gasteiger partial charge in [-0.3, -0.25) is 4.79 Å². The van der Waals surface area contributed by atoms with Crippen molar-refractivity contribution in [1.29, 1.82) is 0 Å². The summed E-state index contributed by atoms with van der Waals surface area (Å²) in [6, 6.07) is 14.3. The number of fused-ring (bicyclic) bond motifs is 1. The van der Waals surface area contributed by atoms with E-state index in [1.54, 1.807) is 5.38 Å². The lowest BCUT2D eigenvalue weighted by Gasteiger charge is -2.03. The molecule has 106 valence electrons. The van der Waals surface area contributed by atoms with Gasteiger partial charge in [0.15, 0.2) is 0 Å². The van der Waals surface area contributed by atoms with Crippen molar-refractivity contribution >= 4 is 40.6 Å². The van der Waals surface area contributed by atoms with E-state index in [1.165, 1.54) is 16.7 Å². The Hall–Kier alpha value is -1.85. The second-order valence-electron chi connectivity index (χ2n) is 4.54. The standard InChI is InChI=1S/C16H14N2OS2/c19-15(17-8-9-20)14-10-21-16(18-14)13-7-3-5-11-4-1-2-6-12(11)13/h1-7,10,20H,8-9H2,(H,17,19). The highest BCUT2D eigenvalue weighted by Crippen LogP contribution is 2.30. The molecule has 1 heterocycles. The van der Waals surface area contributed by atoms with E-state index < -0.39 is 0 Å². The zero-order valence-corrected chi connectivity index (χ0v) is 13.0. The van der Waals surface area contributed by atoms with E-state index in [0.717, 1.165) is 16.0 Å². The normalized spacial score (nSPS) is 10.7. The minimum atomic E-state index is -0.146. The Kier molecular flexibility index (Phi) is 4.22. The van der Waals surface area contributed by atoms with Crippen molar-refractivity contribution in [2.75, 3.05) is 12.3 Å². The summed E-state index contributed by atoms with van der Waals surface area (Å²) in [6.45, 7) is 0.545. The molecule has 1 aromatic heterocycles. The summed E-state index contributed by atoms with van der Waals surface area (Å²) in [5, 5.41) is 7.76. The average Bonchev–Trinajstić information content (AvgIpc) is 3.02. The van der Waals surface area contributed by atoms with E-state index in [4.69, 9.17) is 0 Å². The Bertz CT molecular complexity index is 777. The fraction of sp³-hybridized carbons (Fsp3) is 0.125. The molecule has 1 N–H and O–H groups in total. The number of rotatable bonds is 4. The van der Waals surface area contributed by atoms with Crippen molar-refractivity contribution in [1.82, 2.24) is 10.3 Å². The molecule has 21 heavy (non-hydrogen) atoms. The minimum Gasteiger partial charge on any atom is -0.350 e. The monoisotopic (exact) mass is 314 g/mol. The van der Waals surface area contributed by atoms with Crippen LogP contribution in [0.2, 0.25) is 0 Å². The molecule has 3 nitrogen and oxygen atoms in total. The number of nitrogens with one attached hydrogen (secondary N) is 1. The molecule has 0 spiro atoms. The maximum Gasteiger partial charge on any atom is 0.270 e. The number of hydrogen-bond donors (Lipinski definition) is 2. The van der Waals surface area contributed by atoms with Crippen molar-refractivity contribution in [2.45, 2.75) is 0 Å². The van der Waals surface area contributed by atoms with Crippen LogP contribution in [0, 0.1) is 0 Å². The number of hydrogen-bond acceptors (Lipinski definition) is 4. The van der Waals surface area contributed by atoms with Gasteiger partial charge in [0.2, 0.25) is 0 Å². The molecule has 0 saturated heterocycles.